The van der Waals surface area contributed by atoms with Crippen LogP contribution in [0, 0.1) is 0 Å². The van der Waals surface area contributed by atoms with E-state index in [0.29, 0.717) is 16.6 Å². The fourth-order valence-corrected chi connectivity index (χ4v) is 4.94. The number of fused-ring (bicyclic) bond motifs is 3. The first-order valence-corrected chi connectivity index (χ1v) is 10.6. The van der Waals surface area contributed by atoms with Gasteiger partial charge >= 0.3 is 0 Å². The van der Waals surface area contributed by atoms with Crippen LogP contribution in [0.15, 0.2) is 35.4 Å². The molecule has 7 nitrogen and oxygen atoms in total. The molecule has 2 aliphatic carbocycles. The number of nitrogens with one attached hydrogen (secondary N) is 2. The number of aryl methyl sites for hydroxylation is 2. The van der Waals surface area contributed by atoms with E-state index in [4.69, 9.17) is 0 Å². The molecule has 2 heterocycles. The van der Waals surface area contributed by atoms with E-state index in [1.165, 1.54) is 15.8 Å². The van der Waals surface area contributed by atoms with Crippen LogP contribution in [0.25, 0.3) is 10.2 Å². The summed E-state index contributed by atoms with van der Waals surface area (Å²) in [5, 5.41) is 6.36. The summed E-state index contributed by atoms with van der Waals surface area (Å²) in [4.78, 5) is 44.0. The molecule has 0 atom stereocenters. The molecule has 0 saturated heterocycles. The average Bonchev–Trinajstić information content (AvgIpc) is 3.27. The third kappa shape index (κ3) is 3.55. The highest BCUT2D eigenvalue weighted by atomic mass is 32.1. The maximum atomic E-state index is 12.9. The number of aromatic nitrogens is 2. The van der Waals surface area contributed by atoms with Gasteiger partial charge in [-0.05, 0) is 55.9 Å². The lowest BCUT2D eigenvalue weighted by atomic mass is 10.2. The summed E-state index contributed by atoms with van der Waals surface area (Å²) in [6.07, 6.45) is 6.44. The zero-order valence-corrected chi connectivity index (χ0v) is 16.6. The summed E-state index contributed by atoms with van der Waals surface area (Å²) in [7, 11) is 0. The van der Waals surface area contributed by atoms with Crippen LogP contribution < -0.4 is 16.2 Å². The van der Waals surface area contributed by atoms with Crippen molar-refractivity contribution < 1.29 is 9.59 Å². The van der Waals surface area contributed by atoms with E-state index in [-0.39, 0.29) is 30.0 Å². The lowest BCUT2D eigenvalue weighted by Crippen LogP contribution is -2.28. The monoisotopic (exact) mass is 408 g/mol. The first-order valence-electron chi connectivity index (χ1n) is 9.79. The van der Waals surface area contributed by atoms with E-state index in [1.807, 2.05) is 0 Å². The fourth-order valence-electron chi connectivity index (χ4n) is 3.72. The number of hydrogen-bond donors (Lipinski definition) is 2. The minimum absolute atomic E-state index is 0.120. The number of amides is 2. The summed E-state index contributed by atoms with van der Waals surface area (Å²) in [5.41, 5.74) is 1.97. The number of anilines is 1. The van der Waals surface area contributed by atoms with Crippen molar-refractivity contribution in [2.75, 3.05) is 5.32 Å². The Morgan fingerprint density at radius 2 is 2.10 bits per heavy atom. The average molecular weight is 408 g/mol. The second-order valence-corrected chi connectivity index (χ2v) is 8.68. The first-order chi connectivity index (χ1) is 14.1. The summed E-state index contributed by atoms with van der Waals surface area (Å²) in [6.45, 7) is -0.120. The van der Waals surface area contributed by atoms with Crippen LogP contribution in [0.5, 0.6) is 0 Å². The van der Waals surface area contributed by atoms with Gasteiger partial charge in [0.05, 0.1) is 11.7 Å². The van der Waals surface area contributed by atoms with Gasteiger partial charge in [-0.15, -0.1) is 11.3 Å². The topological polar surface area (TPSA) is 93.1 Å². The normalized spacial score (nSPS) is 15.3. The number of hydrogen-bond acceptors (Lipinski definition) is 5. The molecular formula is C21H20N4O3S. The van der Waals surface area contributed by atoms with Gasteiger partial charge in [0.2, 0.25) is 5.91 Å². The Bertz CT molecular complexity index is 1190. The van der Waals surface area contributed by atoms with Crippen LogP contribution in [0.3, 0.4) is 0 Å². The highest BCUT2D eigenvalue weighted by Crippen LogP contribution is 2.34. The minimum Gasteiger partial charge on any atom is -0.349 e. The Balaban J connectivity index is 1.33. The van der Waals surface area contributed by atoms with Gasteiger partial charge in [0.15, 0.2) is 0 Å². The molecule has 148 valence electrons. The smallest absolute Gasteiger partial charge is 0.262 e. The van der Waals surface area contributed by atoms with Gasteiger partial charge in [-0.3, -0.25) is 19.0 Å². The molecule has 1 aromatic carbocycles. The predicted octanol–water partition coefficient (Wildman–Crippen LogP) is 2.48. The Labute approximate surface area is 170 Å². The van der Waals surface area contributed by atoms with Gasteiger partial charge in [0, 0.05) is 22.2 Å². The predicted molar refractivity (Wildman–Crippen MR) is 111 cm³/mol. The summed E-state index contributed by atoms with van der Waals surface area (Å²) < 4.78 is 1.35. The maximum Gasteiger partial charge on any atom is 0.262 e. The van der Waals surface area contributed by atoms with E-state index in [1.54, 1.807) is 35.6 Å². The minimum atomic E-state index is -0.333. The lowest BCUT2D eigenvalue weighted by Gasteiger charge is -2.09. The molecule has 0 unspecified atom stereocenters. The van der Waals surface area contributed by atoms with Gasteiger partial charge in [0.25, 0.3) is 11.5 Å². The van der Waals surface area contributed by atoms with E-state index >= 15 is 0 Å². The van der Waals surface area contributed by atoms with Crippen molar-refractivity contribution in [2.24, 2.45) is 0 Å². The summed E-state index contributed by atoms with van der Waals surface area (Å²) >= 11 is 1.58. The number of carbonyl (C=O) groups is 2. The summed E-state index contributed by atoms with van der Waals surface area (Å²) in [6, 6.07) is 7.08. The third-order valence-corrected chi connectivity index (χ3v) is 6.53. The van der Waals surface area contributed by atoms with Gasteiger partial charge in [-0.2, -0.15) is 0 Å². The molecule has 29 heavy (non-hydrogen) atoms. The van der Waals surface area contributed by atoms with E-state index in [2.05, 4.69) is 15.6 Å². The van der Waals surface area contributed by atoms with E-state index in [0.717, 1.165) is 42.5 Å². The van der Waals surface area contributed by atoms with Gasteiger partial charge in [-0.1, -0.05) is 6.07 Å². The molecule has 3 aromatic rings. The molecule has 0 spiro atoms. The van der Waals surface area contributed by atoms with Gasteiger partial charge in [0.1, 0.15) is 11.4 Å². The molecule has 0 radical (unpaired) electrons. The molecule has 2 N–H and O–H groups in total. The van der Waals surface area contributed by atoms with E-state index < -0.39 is 0 Å². The molecular weight excluding hydrogens is 388 g/mol. The van der Waals surface area contributed by atoms with Crippen LogP contribution in [-0.4, -0.2) is 27.4 Å². The Morgan fingerprint density at radius 1 is 1.24 bits per heavy atom. The highest BCUT2D eigenvalue weighted by Gasteiger charge is 2.24. The molecule has 8 heteroatoms. The number of carbonyl (C=O) groups excluding carboxylic acids is 2. The van der Waals surface area contributed by atoms with Crippen LogP contribution in [0.4, 0.5) is 5.69 Å². The highest BCUT2D eigenvalue weighted by molar-refractivity contribution is 7.18. The molecule has 0 aliphatic heterocycles. The van der Waals surface area contributed by atoms with Crippen molar-refractivity contribution >= 4 is 39.1 Å². The zero-order valence-electron chi connectivity index (χ0n) is 15.7. The number of nitrogens with zero attached hydrogens (tertiary/aromatic N) is 2. The third-order valence-electron chi connectivity index (χ3n) is 5.33. The molecule has 5 rings (SSSR count). The molecule has 2 amide bonds. The number of rotatable bonds is 5. The van der Waals surface area contributed by atoms with Crippen molar-refractivity contribution in [1.82, 2.24) is 14.9 Å². The second-order valence-electron chi connectivity index (χ2n) is 7.59. The lowest BCUT2D eigenvalue weighted by molar-refractivity contribution is -0.116. The quantitative estimate of drug-likeness (QED) is 0.678. The standard InChI is InChI=1S/C21H20N4O3S/c26-17(23-14-4-1-3-12(9-14)19(27)24-13-7-8-13)10-25-11-22-20-18(21(25)28)15-5-2-6-16(15)29-20/h1,3-4,9,11,13H,2,5-8,10H2,(H,23,26)(H,24,27). The fraction of sp³-hybridized carbons (Fsp3) is 0.333. The Hall–Kier alpha value is -3.00. The second kappa shape index (κ2) is 7.11. The summed E-state index contributed by atoms with van der Waals surface area (Å²) in [5.74, 6) is -0.472. The van der Waals surface area contributed by atoms with Crippen LogP contribution in [0.2, 0.25) is 0 Å². The van der Waals surface area contributed by atoms with Crippen molar-refractivity contribution in [3.05, 3.63) is 57.0 Å². The maximum absolute atomic E-state index is 12.9. The Morgan fingerprint density at radius 3 is 2.93 bits per heavy atom. The van der Waals surface area contributed by atoms with Crippen molar-refractivity contribution in [3.63, 3.8) is 0 Å². The molecule has 0 bridgehead atoms. The Kier molecular flexibility index (Phi) is 4.43. The SMILES string of the molecule is O=C(Cn1cnc2sc3c(c2c1=O)CCC3)Nc1cccc(C(=O)NC2CC2)c1. The zero-order chi connectivity index (χ0) is 20.0. The molecule has 1 fully saturated rings. The van der Waals surface area contributed by atoms with Crippen LogP contribution >= 0.6 is 11.3 Å². The van der Waals surface area contributed by atoms with Crippen molar-refractivity contribution in [1.29, 1.82) is 0 Å². The number of benzene rings is 1. The largest absolute Gasteiger partial charge is 0.349 e. The van der Waals surface area contributed by atoms with Crippen molar-refractivity contribution in [3.8, 4) is 0 Å². The van der Waals surface area contributed by atoms with Gasteiger partial charge < -0.3 is 10.6 Å². The molecule has 2 aromatic heterocycles. The van der Waals surface area contributed by atoms with Gasteiger partial charge in [-0.25, -0.2) is 4.98 Å². The van der Waals surface area contributed by atoms with Crippen LogP contribution in [-0.2, 0) is 24.2 Å². The van der Waals surface area contributed by atoms with Crippen LogP contribution in [0.1, 0.15) is 40.1 Å². The number of thiophene rings is 1. The molecule has 1 saturated carbocycles. The molecule has 2 aliphatic rings. The van der Waals surface area contributed by atoms with E-state index in [9.17, 15) is 14.4 Å². The first kappa shape index (κ1) is 18.1. The van der Waals surface area contributed by atoms with Crippen molar-refractivity contribution in [2.45, 2.75) is 44.7 Å².